The average molecular weight is 405 g/mol. The molecule has 1 saturated heterocycles. The summed E-state index contributed by atoms with van der Waals surface area (Å²) >= 11 is 0. The number of ether oxygens (including phenoxy) is 3. The summed E-state index contributed by atoms with van der Waals surface area (Å²) in [5.74, 6) is 2.28. The van der Waals surface area contributed by atoms with E-state index in [1.54, 1.807) is 20.4 Å². The zero-order valence-corrected chi connectivity index (χ0v) is 16.9. The molecule has 8 heteroatoms. The molecule has 2 aromatic heterocycles. The van der Waals surface area contributed by atoms with Crippen LogP contribution in [0.4, 0.5) is 17.2 Å². The molecule has 4 aromatic rings. The van der Waals surface area contributed by atoms with Crippen LogP contribution in [0.3, 0.4) is 0 Å². The first-order chi connectivity index (χ1) is 14.8. The quantitative estimate of drug-likeness (QED) is 0.524. The van der Waals surface area contributed by atoms with Crippen molar-refractivity contribution in [2.75, 3.05) is 50.7 Å². The van der Waals surface area contributed by atoms with Crippen LogP contribution in [0.15, 0.2) is 42.6 Å². The first kappa shape index (κ1) is 18.5. The van der Waals surface area contributed by atoms with Gasteiger partial charge in [-0.15, -0.1) is 0 Å². The van der Waals surface area contributed by atoms with E-state index in [4.69, 9.17) is 19.2 Å². The normalized spacial score (nSPS) is 14.3. The molecular weight excluding hydrogens is 382 g/mol. The van der Waals surface area contributed by atoms with Crippen molar-refractivity contribution in [2.24, 2.45) is 0 Å². The Labute approximate surface area is 173 Å². The lowest BCUT2D eigenvalue weighted by Gasteiger charge is -2.30. The number of pyridine rings is 1. The van der Waals surface area contributed by atoms with Gasteiger partial charge >= 0.3 is 0 Å². The minimum Gasteiger partial charge on any atom is -0.496 e. The van der Waals surface area contributed by atoms with Crippen molar-refractivity contribution in [3.05, 3.63) is 42.6 Å². The van der Waals surface area contributed by atoms with Crippen LogP contribution in [-0.2, 0) is 4.74 Å². The van der Waals surface area contributed by atoms with Gasteiger partial charge in [0.05, 0.1) is 50.2 Å². The van der Waals surface area contributed by atoms with Crippen LogP contribution in [-0.4, -0.2) is 55.7 Å². The second-order valence-corrected chi connectivity index (χ2v) is 7.08. The molecule has 3 heterocycles. The Balaban J connectivity index is 1.54. The molecule has 1 fully saturated rings. The number of aromatic nitrogens is 3. The van der Waals surface area contributed by atoms with Crippen molar-refractivity contribution in [1.82, 2.24) is 15.2 Å². The maximum atomic E-state index is 5.67. The highest BCUT2D eigenvalue weighted by atomic mass is 16.5. The minimum absolute atomic E-state index is 0.699. The smallest absolute Gasteiger partial charge is 0.157 e. The van der Waals surface area contributed by atoms with E-state index >= 15 is 0 Å². The molecule has 1 aliphatic rings. The second kappa shape index (κ2) is 7.72. The van der Waals surface area contributed by atoms with Crippen molar-refractivity contribution in [2.45, 2.75) is 0 Å². The summed E-state index contributed by atoms with van der Waals surface area (Å²) in [6.45, 7) is 3.16. The lowest BCUT2D eigenvalue weighted by atomic mass is 10.1. The molecule has 30 heavy (non-hydrogen) atoms. The minimum atomic E-state index is 0.699. The molecule has 0 saturated carbocycles. The lowest BCUT2D eigenvalue weighted by Crippen LogP contribution is -2.36. The zero-order valence-electron chi connectivity index (χ0n) is 16.9. The Bertz CT molecular complexity index is 1200. The van der Waals surface area contributed by atoms with Gasteiger partial charge in [-0.05, 0) is 24.3 Å². The van der Waals surface area contributed by atoms with Gasteiger partial charge in [-0.1, -0.05) is 6.07 Å². The number of methoxy groups -OCH3 is 2. The van der Waals surface area contributed by atoms with Crippen LogP contribution in [0.2, 0.25) is 0 Å². The van der Waals surface area contributed by atoms with Crippen molar-refractivity contribution >= 4 is 39.0 Å². The Hall–Kier alpha value is -3.52. The van der Waals surface area contributed by atoms with Crippen molar-refractivity contribution < 1.29 is 14.2 Å². The maximum Gasteiger partial charge on any atom is 0.157 e. The van der Waals surface area contributed by atoms with E-state index in [0.717, 1.165) is 71.0 Å². The van der Waals surface area contributed by atoms with E-state index in [-0.39, 0.29) is 0 Å². The van der Waals surface area contributed by atoms with Gasteiger partial charge in [-0.2, -0.15) is 5.10 Å². The fourth-order valence-corrected chi connectivity index (χ4v) is 3.93. The van der Waals surface area contributed by atoms with Crippen LogP contribution >= 0.6 is 0 Å². The fourth-order valence-electron chi connectivity index (χ4n) is 3.93. The van der Waals surface area contributed by atoms with E-state index in [9.17, 15) is 0 Å². The third-order valence-electron chi connectivity index (χ3n) is 5.40. The van der Waals surface area contributed by atoms with Crippen LogP contribution in [0.25, 0.3) is 21.8 Å². The van der Waals surface area contributed by atoms with Gasteiger partial charge in [0, 0.05) is 30.2 Å². The number of rotatable bonds is 5. The van der Waals surface area contributed by atoms with E-state index in [1.165, 1.54) is 0 Å². The molecule has 0 radical (unpaired) electrons. The highest BCUT2D eigenvalue weighted by Crippen LogP contribution is 2.37. The molecule has 154 valence electrons. The molecule has 0 unspecified atom stereocenters. The number of nitrogens with zero attached hydrogens (tertiary/aromatic N) is 3. The number of H-pyrrole nitrogens is 1. The lowest BCUT2D eigenvalue weighted by molar-refractivity contribution is 0.122. The summed E-state index contributed by atoms with van der Waals surface area (Å²) in [6.07, 6.45) is 1.80. The SMILES string of the molecule is COc1cc(Nc2nc3cccc(OC)c3c3cn[nH]c23)ccc1N1CCOCC1. The van der Waals surface area contributed by atoms with Crippen molar-refractivity contribution in [3.63, 3.8) is 0 Å². The number of nitrogens with one attached hydrogen (secondary N) is 2. The summed E-state index contributed by atoms with van der Waals surface area (Å²) in [7, 11) is 3.35. The van der Waals surface area contributed by atoms with Gasteiger partial charge < -0.3 is 24.4 Å². The number of hydrogen-bond acceptors (Lipinski definition) is 7. The van der Waals surface area contributed by atoms with Crippen molar-refractivity contribution in [3.8, 4) is 11.5 Å². The molecule has 0 atom stereocenters. The number of morpholine rings is 1. The topological polar surface area (TPSA) is 84.5 Å². The van der Waals surface area contributed by atoms with Crippen LogP contribution in [0, 0.1) is 0 Å². The first-order valence-corrected chi connectivity index (χ1v) is 9.86. The Morgan fingerprint density at radius 1 is 1.07 bits per heavy atom. The molecule has 2 aromatic carbocycles. The van der Waals surface area contributed by atoms with Gasteiger partial charge in [-0.25, -0.2) is 4.98 Å². The molecule has 1 aliphatic heterocycles. The maximum absolute atomic E-state index is 5.67. The molecule has 5 rings (SSSR count). The summed E-state index contributed by atoms with van der Waals surface area (Å²) in [5, 5.41) is 12.6. The van der Waals surface area contributed by atoms with Crippen molar-refractivity contribution in [1.29, 1.82) is 0 Å². The Kier molecular flexibility index (Phi) is 4.76. The molecule has 8 nitrogen and oxygen atoms in total. The molecule has 0 bridgehead atoms. The van der Waals surface area contributed by atoms with E-state index in [1.807, 2.05) is 30.3 Å². The summed E-state index contributed by atoms with van der Waals surface area (Å²) < 4.78 is 16.7. The predicted octanol–water partition coefficient (Wildman–Crippen LogP) is 3.71. The summed E-state index contributed by atoms with van der Waals surface area (Å²) in [6, 6.07) is 11.9. The highest BCUT2D eigenvalue weighted by molar-refractivity contribution is 6.11. The largest absolute Gasteiger partial charge is 0.496 e. The predicted molar refractivity (Wildman–Crippen MR) is 117 cm³/mol. The highest BCUT2D eigenvalue weighted by Gasteiger charge is 2.17. The van der Waals surface area contributed by atoms with Crippen LogP contribution in [0.5, 0.6) is 11.5 Å². The van der Waals surface area contributed by atoms with Gasteiger partial charge in [0.25, 0.3) is 0 Å². The van der Waals surface area contributed by atoms with Crippen LogP contribution in [0.1, 0.15) is 0 Å². The zero-order chi connectivity index (χ0) is 20.5. The summed E-state index contributed by atoms with van der Waals surface area (Å²) in [5.41, 5.74) is 3.61. The third kappa shape index (κ3) is 3.15. The molecule has 0 spiro atoms. The fraction of sp³-hybridized carbons (Fsp3) is 0.273. The number of aromatic amines is 1. The average Bonchev–Trinajstić information content (AvgIpc) is 3.29. The van der Waals surface area contributed by atoms with Gasteiger partial charge in [0.2, 0.25) is 0 Å². The first-order valence-electron chi connectivity index (χ1n) is 9.86. The number of anilines is 3. The van der Waals surface area contributed by atoms with Gasteiger partial charge in [0.1, 0.15) is 17.0 Å². The summed E-state index contributed by atoms with van der Waals surface area (Å²) in [4.78, 5) is 7.09. The number of benzene rings is 2. The molecule has 2 N–H and O–H groups in total. The third-order valence-corrected chi connectivity index (χ3v) is 5.40. The van der Waals surface area contributed by atoms with Gasteiger partial charge in [0.15, 0.2) is 5.82 Å². The number of fused-ring (bicyclic) bond motifs is 3. The Morgan fingerprint density at radius 2 is 1.90 bits per heavy atom. The monoisotopic (exact) mass is 405 g/mol. The van der Waals surface area contributed by atoms with E-state index in [2.05, 4.69) is 26.5 Å². The van der Waals surface area contributed by atoms with Crippen LogP contribution < -0.4 is 19.7 Å². The molecule has 0 aliphatic carbocycles. The molecular formula is C22H23N5O3. The number of hydrogen-bond donors (Lipinski definition) is 2. The second-order valence-electron chi connectivity index (χ2n) is 7.08. The van der Waals surface area contributed by atoms with Gasteiger partial charge in [-0.3, -0.25) is 5.10 Å². The standard InChI is InChI=1S/C22H23N5O3/c1-28-18-5-3-4-16-20(18)15-13-23-26-21(15)22(25-16)24-14-6-7-17(19(12-14)29-2)27-8-10-30-11-9-27/h3-7,12-13H,8-11H2,1-2H3,(H,23,26)(H,24,25). The van der Waals surface area contributed by atoms with E-state index < -0.39 is 0 Å². The Morgan fingerprint density at radius 3 is 2.70 bits per heavy atom. The molecule has 0 amide bonds. The van der Waals surface area contributed by atoms with E-state index in [0.29, 0.717) is 5.82 Å².